The van der Waals surface area contributed by atoms with Gasteiger partial charge in [-0.05, 0) is 62.2 Å². The summed E-state index contributed by atoms with van der Waals surface area (Å²) in [6.45, 7) is 4.51. The van der Waals surface area contributed by atoms with Crippen LogP contribution in [0.25, 0.3) is 0 Å². The van der Waals surface area contributed by atoms with E-state index >= 15 is 0 Å². The quantitative estimate of drug-likeness (QED) is 0.643. The molecule has 0 aromatic heterocycles. The van der Waals surface area contributed by atoms with Crippen LogP contribution in [0.1, 0.15) is 55.8 Å². The lowest BCUT2D eigenvalue weighted by atomic mass is 9.99. The van der Waals surface area contributed by atoms with Crippen LogP contribution in [-0.4, -0.2) is 62.1 Å². The highest BCUT2D eigenvalue weighted by molar-refractivity contribution is 6.05. The molecule has 0 spiro atoms. The third-order valence-electron chi connectivity index (χ3n) is 7.66. The second-order valence-electron chi connectivity index (χ2n) is 9.94. The molecule has 2 amide bonds. The van der Waals surface area contributed by atoms with Crippen molar-refractivity contribution in [3.63, 3.8) is 0 Å². The van der Waals surface area contributed by atoms with Crippen molar-refractivity contribution in [3.05, 3.63) is 48.0 Å². The molecule has 1 aliphatic carbocycles. The third-order valence-corrected chi connectivity index (χ3v) is 7.66. The van der Waals surface area contributed by atoms with Gasteiger partial charge in [-0.3, -0.25) is 9.59 Å². The van der Waals surface area contributed by atoms with E-state index in [-0.39, 0.29) is 17.9 Å². The molecule has 1 N–H and O–H groups in total. The molecule has 2 fully saturated rings. The molecule has 186 valence electrons. The summed E-state index contributed by atoms with van der Waals surface area (Å²) < 4.78 is 5.35. The summed E-state index contributed by atoms with van der Waals surface area (Å²) in [4.78, 5) is 31.8. The number of likely N-dealkylation sites (N-methyl/N-ethyl adjacent to an activating group) is 1. The minimum Gasteiger partial charge on any atom is -0.378 e. The van der Waals surface area contributed by atoms with Crippen LogP contribution in [0.15, 0.2) is 42.5 Å². The van der Waals surface area contributed by atoms with E-state index in [1.807, 2.05) is 55.3 Å². The van der Waals surface area contributed by atoms with Crippen LogP contribution in [-0.2, 0) is 9.53 Å². The van der Waals surface area contributed by atoms with Crippen molar-refractivity contribution in [1.29, 1.82) is 0 Å². The minimum atomic E-state index is -0.170. The molecular formula is C28H36N4O3. The van der Waals surface area contributed by atoms with Crippen LogP contribution in [0, 0.1) is 0 Å². The van der Waals surface area contributed by atoms with Gasteiger partial charge in [0, 0.05) is 43.1 Å². The van der Waals surface area contributed by atoms with Crippen molar-refractivity contribution in [2.24, 2.45) is 0 Å². The molecule has 2 heterocycles. The Bertz CT molecular complexity index is 1060. The van der Waals surface area contributed by atoms with Gasteiger partial charge in [0.25, 0.3) is 5.91 Å². The number of anilines is 4. The van der Waals surface area contributed by atoms with Gasteiger partial charge in [-0.1, -0.05) is 25.7 Å². The number of nitrogens with zero attached hydrogens (tertiary/aromatic N) is 3. The number of carbonyl (C=O) groups is 2. The van der Waals surface area contributed by atoms with Gasteiger partial charge in [-0.25, -0.2) is 0 Å². The number of nitrogens with one attached hydrogen (secondary N) is 1. The van der Waals surface area contributed by atoms with E-state index in [9.17, 15) is 9.59 Å². The highest BCUT2D eigenvalue weighted by Gasteiger charge is 2.37. The molecule has 1 unspecified atom stereocenters. The smallest absolute Gasteiger partial charge is 0.254 e. The first-order chi connectivity index (χ1) is 17.0. The van der Waals surface area contributed by atoms with Gasteiger partial charge in [-0.2, -0.15) is 0 Å². The van der Waals surface area contributed by atoms with Crippen molar-refractivity contribution in [1.82, 2.24) is 4.90 Å². The van der Waals surface area contributed by atoms with E-state index in [1.54, 1.807) is 4.90 Å². The number of hydrogen-bond acceptors (Lipinski definition) is 5. The van der Waals surface area contributed by atoms with Crippen molar-refractivity contribution in [2.45, 2.75) is 57.5 Å². The molecule has 7 heteroatoms. The molecule has 3 aliphatic rings. The van der Waals surface area contributed by atoms with E-state index in [0.29, 0.717) is 37.9 Å². The van der Waals surface area contributed by atoms with E-state index in [0.717, 1.165) is 35.6 Å². The Labute approximate surface area is 208 Å². The van der Waals surface area contributed by atoms with E-state index < -0.39 is 0 Å². The maximum absolute atomic E-state index is 13.0. The molecule has 1 saturated heterocycles. The largest absolute Gasteiger partial charge is 0.378 e. The number of benzene rings is 2. The summed E-state index contributed by atoms with van der Waals surface area (Å²) in [7, 11) is 1.87. The monoisotopic (exact) mass is 476 g/mol. The number of fused-ring (bicyclic) bond motifs is 1. The molecule has 7 nitrogen and oxygen atoms in total. The number of amides is 2. The predicted molar refractivity (Wildman–Crippen MR) is 140 cm³/mol. The van der Waals surface area contributed by atoms with Gasteiger partial charge in [0.05, 0.1) is 24.6 Å². The zero-order chi connectivity index (χ0) is 24.4. The Kier molecular flexibility index (Phi) is 6.95. The van der Waals surface area contributed by atoms with Crippen LogP contribution in [0.5, 0.6) is 0 Å². The van der Waals surface area contributed by atoms with E-state index in [1.165, 1.54) is 25.7 Å². The molecule has 1 atom stereocenters. The van der Waals surface area contributed by atoms with Gasteiger partial charge in [-0.15, -0.1) is 0 Å². The molecule has 2 aromatic carbocycles. The minimum absolute atomic E-state index is 0.0503. The lowest BCUT2D eigenvalue weighted by Gasteiger charge is -2.44. The maximum Gasteiger partial charge on any atom is 0.254 e. The Balaban J connectivity index is 1.37. The van der Waals surface area contributed by atoms with Crippen LogP contribution in [0.3, 0.4) is 0 Å². The summed E-state index contributed by atoms with van der Waals surface area (Å²) in [5, 5.41) is 3.50. The van der Waals surface area contributed by atoms with Crippen molar-refractivity contribution >= 4 is 34.6 Å². The Hall–Kier alpha value is -3.06. The fraction of sp³-hybridized carbons (Fsp3) is 0.500. The summed E-state index contributed by atoms with van der Waals surface area (Å²) in [6, 6.07) is 14.1. The van der Waals surface area contributed by atoms with Crippen molar-refractivity contribution in [3.8, 4) is 0 Å². The first-order valence-electron chi connectivity index (χ1n) is 13.0. The summed E-state index contributed by atoms with van der Waals surface area (Å²) in [5.74, 6) is 0.206. The lowest BCUT2D eigenvalue weighted by molar-refractivity contribution is -0.119. The summed E-state index contributed by atoms with van der Waals surface area (Å²) in [6.07, 6.45) is 7.28. The standard InChI is InChI=1S/C28H36N4O3/c1-20-27(33)30(2)25-14-13-23(19-26(25)32(20)24-7-5-3-4-6-8-24)29-22-11-9-21(10-12-22)28(34)31-15-17-35-18-16-31/h9-14,19-20,24,29H,3-8,15-18H2,1-2H3. The Morgan fingerprint density at radius 3 is 2.26 bits per heavy atom. The third kappa shape index (κ3) is 4.87. The molecular weight excluding hydrogens is 440 g/mol. The number of rotatable bonds is 4. The number of hydrogen-bond donors (Lipinski definition) is 1. The molecule has 1 saturated carbocycles. The maximum atomic E-state index is 13.0. The Morgan fingerprint density at radius 2 is 1.57 bits per heavy atom. The SMILES string of the molecule is CC1C(=O)N(C)c2ccc(Nc3ccc(C(=O)N4CCOCC4)cc3)cc2N1C1CCCCCC1. The first kappa shape index (κ1) is 23.7. The van der Waals surface area contributed by atoms with E-state index in [4.69, 9.17) is 4.74 Å². The molecule has 0 bridgehead atoms. The van der Waals surface area contributed by atoms with Crippen molar-refractivity contribution < 1.29 is 14.3 Å². The molecule has 2 aliphatic heterocycles. The predicted octanol–water partition coefficient (Wildman–Crippen LogP) is 4.80. The second kappa shape index (κ2) is 10.3. The Morgan fingerprint density at radius 1 is 0.914 bits per heavy atom. The highest BCUT2D eigenvalue weighted by Crippen LogP contribution is 2.41. The molecule has 35 heavy (non-hydrogen) atoms. The number of morpholine rings is 1. The molecule has 2 aromatic rings. The fourth-order valence-corrected chi connectivity index (χ4v) is 5.68. The van der Waals surface area contributed by atoms with Gasteiger partial charge in [0.2, 0.25) is 5.91 Å². The lowest BCUT2D eigenvalue weighted by Crippen LogP contribution is -2.54. The van der Waals surface area contributed by atoms with Crippen LogP contribution < -0.4 is 15.1 Å². The van der Waals surface area contributed by atoms with Crippen LogP contribution >= 0.6 is 0 Å². The summed E-state index contributed by atoms with van der Waals surface area (Å²) in [5.41, 5.74) is 4.68. The van der Waals surface area contributed by atoms with Crippen LogP contribution in [0.2, 0.25) is 0 Å². The van der Waals surface area contributed by atoms with Gasteiger partial charge < -0.3 is 24.8 Å². The normalized spacial score (nSPS) is 21.5. The zero-order valence-corrected chi connectivity index (χ0v) is 20.8. The number of ether oxygens (including phenoxy) is 1. The molecule has 5 rings (SSSR count). The first-order valence-corrected chi connectivity index (χ1v) is 13.0. The average Bonchev–Trinajstić information content (AvgIpc) is 3.17. The van der Waals surface area contributed by atoms with Gasteiger partial charge in [0.15, 0.2) is 0 Å². The molecule has 0 radical (unpaired) electrons. The highest BCUT2D eigenvalue weighted by atomic mass is 16.5. The number of carbonyl (C=O) groups excluding carboxylic acids is 2. The van der Waals surface area contributed by atoms with Crippen molar-refractivity contribution in [2.75, 3.05) is 48.5 Å². The fourth-order valence-electron chi connectivity index (χ4n) is 5.68. The van der Waals surface area contributed by atoms with Gasteiger partial charge in [0.1, 0.15) is 6.04 Å². The van der Waals surface area contributed by atoms with Gasteiger partial charge >= 0.3 is 0 Å². The zero-order valence-electron chi connectivity index (χ0n) is 20.8. The van der Waals surface area contributed by atoms with E-state index in [2.05, 4.69) is 16.3 Å². The average molecular weight is 477 g/mol. The topological polar surface area (TPSA) is 65.1 Å². The summed E-state index contributed by atoms with van der Waals surface area (Å²) >= 11 is 0. The van der Waals surface area contributed by atoms with Crippen LogP contribution in [0.4, 0.5) is 22.7 Å². The second-order valence-corrected chi connectivity index (χ2v) is 9.94.